The van der Waals surface area contributed by atoms with Gasteiger partial charge in [-0.2, -0.15) is 9.50 Å². The summed E-state index contributed by atoms with van der Waals surface area (Å²) in [6.07, 6.45) is 0.935. The SMILES string of the molecule is CC1Cc2ccc(OCc3ccccc3)cc2CN1Cc1cc(=O)n2[nH]c(N)nc2n1. The minimum absolute atomic E-state index is 0.171. The fraction of sp³-hybridized carbons (Fsp3) is 0.261. The molecule has 2 aromatic carbocycles. The van der Waals surface area contributed by atoms with E-state index in [2.05, 4.69) is 51.2 Å². The number of nitrogen functional groups attached to an aromatic ring is 1. The van der Waals surface area contributed by atoms with Crippen LogP contribution in [0, 0.1) is 0 Å². The van der Waals surface area contributed by atoms with Gasteiger partial charge in [0.15, 0.2) is 0 Å². The van der Waals surface area contributed by atoms with E-state index in [1.807, 2.05) is 24.3 Å². The Morgan fingerprint density at radius 3 is 2.81 bits per heavy atom. The van der Waals surface area contributed by atoms with E-state index in [1.54, 1.807) is 0 Å². The Kier molecular flexibility index (Phi) is 4.91. The van der Waals surface area contributed by atoms with Gasteiger partial charge in [-0.1, -0.05) is 36.4 Å². The van der Waals surface area contributed by atoms with Crippen LogP contribution in [0.25, 0.3) is 5.78 Å². The summed E-state index contributed by atoms with van der Waals surface area (Å²) >= 11 is 0. The minimum atomic E-state index is -0.217. The molecule has 4 aromatic rings. The zero-order valence-electron chi connectivity index (χ0n) is 17.3. The molecule has 1 aliphatic heterocycles. The highest BCUT2D eigenvalue weighted by Gasteiger charge is 2.24. The quantitative estimate of drug-likeness (QED) is 0.518. The van der Waals surface area contributed by atoms with Crippen molar-refractivity contribution in [1.29, 1.82) is 0 Å². The van der Waals surface area contributed by atoms with Crippen LogP contribution in [0.15, 0.2) is 59.4 Å². The predicted octanol–water partition coefficient (Wildman–Crippen LogP) is 2.53. The summed E-state index contributed by atoms with van der Waals surface area (Å²) in [7, 11) is 0. The van der Waals surface area contributed by atoms with Crippen LogP contribution >= 0.6 is 0 Å². The van der Waals surface area contributed by atoms with Crippen LogP contribution in [0.4, 0.5) is 5.95 Å². The van der Waals surface area contributed by atoms with Gasteiger partial charge in [-0.15, -0.1) is 0 Å². The highest BCUT2D eigenvalue weighted by molar-refractivity contribution is 5.38. The zero-order valence-corrected chi connectivity index (χ0v) is 17.3. The molecule has 1 atom stereocenters. The molecule has 158 valence electrons. The topological polar surface area (TPSA) is 102 Å². The lowest BCUT2D eigenvalue weighted by Crippen LogP contribution is -2.38. The van der Waals surface area contributed by atoms with Gasteiger partial charge in [-0.05, 0) is 42.2 Å². The van der Waals surface area contributed by atoms with Gasteiger partial charge in [-0.3, -0.25) is 14.8 Å². The lowest BCUT2D eigenvalue weighted by Gasteiger charge is -2.34. The molecule has 0 amide bonds. The molecule has 5 rings (SSSR count). The molecular weight excluding hydrogens is 392 g/mol. The van der Waals surface area contributed by atoms with Gasteiger partial charge >= 0.3 is 0 Å². The van der Waals surface area contributed by atoms with Gasteiger partial charge in [-0.25, -0.2) is 4.98 Å². The highest BCUT2D eigenvalue weighted by Crippen LogP contribution is 2.28. The third kappa shape index (κ3) is 4.02. The highest BCUT2D eigenvalue weighted by atomic mass is 16.5. The second-order valence-corrected chi connectivity index (χ2v) is 7.99. The van der Waals surface area contributed by atoms with Gasteiger partial charge in [0.25, 0.3) is 11.3 Å². The summed E-state index contributed by atoms with van der Waals surface area (Å²) in [5.74, 6) is 1.33. The molecule has 3 heterocycles. The van der Waals surface area contributed by atoms with Crippen molar-refractivity contribution in [3.05, 3.63) is 87.3 Å². The molecule has 8 nitrogen and oxygen atoms in total. The number of nitrogens with two attached hydrogens (primary N) is 1. The Hall–Kier alpha value is -3.65. The Morgan fingerprint density at radius 2 is 1.97 bits per heavy atom. The monoisotopic (exact) mass is 416 g/mol. The van der Waals surface area contributed by atoms with Crippen molar-refractivity contribution in [1.82, 2.24) is 24.5 Å². The minimum Gasteiger partial charge on any atom is -0.489 e. The number of ether oxygens (including phenoxy) is 1. The molecule has 0 radical (unpaired) electrons. The number of anilines is 1. The molecule has 31 heavy (non-hydrogen) atoms. The van der Waals surface area contributed by atoms with Crippen molar-refractivity contribution in [2.75, 3.05) is 5.73 Å². The molecule has 0 saturated heterocycles. The maximum atomic E-state index is 12.3. The van der Waals surface area contributed by atoms with E-state index >= 15 is 0 Å². The maximum Gasteiger partial charge on any atom is 0.274 e. The largest absolute Gasteiger partial charge is 0.489 e. The van der Waals surface area contributed by atoms with Gasteiger partial charge in [0.1, 0.15) is 12.4 Å². The number of aromatic nitrogens is 4. The van der Waals surface area contributed by atoms with Gasteiger partial charge in [0.05, 0.1) is 5.69 Å². The first-order valence-electron chi connectivity index (χ1n) is 10.3. The molecule has 0 aliphatic carbocycles. The normalized spacial score (nSPS) is 16.4. The van der Waals surface area contributed by atoms with E-state index in [0.29, 0.717) is 30.7 Å². The molecule has 8 heteroatoms. The lowest BCUT2D eigenvalue weighted by atomic mass is 9.94. The van der Waals surface area contributed by atoms with E-state index in [4.69, 9.17) is 10.5 Å². The van der Waals surface area contributed by atoms with Gasteiger partial charge in [0, 0.05) is 25.2 Å². The summed E-state index contributed by atoms with van der Waals surface area (Å²) in [5, 5.41) is 2.69. The van der Waals surface area contributed by atoms with Crippen LogP contribution in [0.2, 0.25) is 0 Å². The Labute approximate surface area is 179 Å². The molecule has 0 fully saturated rings. The van der Waals surface area contributed by atoms with Crippen molar-refractivity contribution in [2.45, 2.75) is 39.1 Å². The summed E-state index contributed by atoms with van der Waals surface area (Å²) in [6.45, 7) is 4.07. The van der Waals surface area contributed by atoms with Crippen molar-refractivity contribution >= 4 is 11.7 Å². The van der Waals surface area contributed by atoms with Crippen LogP contribution in [0.1, 0.15) is 29.3 Å². The smallest absolute Gasteiger partial charge is 0.274 e. The van der Waals surface area contributed by atoms with Crippen molar-refractivity contribution in [3.8, 4) is 5.75 Å². The van der Waals surface area contributed by atoms with Crippen molar-refractivity contribution in [2.24, 2.45) is 0 Å². The number of rotatable bonds is 5. The molecule has 0 spiro atoms. The Balaban J connectivity index is 1.33. The first-order chi connectivity index (χ1) is 15.0. The standard InChI is InChI=1S/C23H24N6O2/c1-15-9-17-7-8-20(31-14-16-5-3-2-4-6-16)10-18(17)12-28(15)13-19-11-21(30)29-23(25-19)26-22(24)27-29/h2-8,10-11,15H,9,12-14H2,1H3,(H3,24,25,26,27). The van der Waals surface area contributed by atoms with Crippen LogP contribution in [-0.2, 0) is 26.1 Å². The summed E-state index contributed by atoms with van der Waals surface area (Å²) in [4.78, 5) is 23.2. The van der Waals surface area contributed by atoms with Crippen LogP contribution in [0.3, 0.4) is 0 Å². The fourth-order valence-electron chi connectivity index (χ4n) is 4.05. The van der Waals surface area contributed by atoms with Crippen LogP contribution in [-0.4, -0.2) is 30.5 Å². The average Bonchev–Trinajstić information content (AvgIpc) is 3.14. The van der Waals surface area contributed by atoms with Crippen molar-refractivity contribution < 1.29 is 4.74 Å². The van der Waals surface area contributed by atoms with E-state index in [-0.39, 0.29) is 11.5 Å². The predicted molar refractivity (Wildman–Crippen MR) is 118 cm³/mol. The van der Waals surface area contributed by atoms with Crippen molar-refractivity contribution in [3.63, 3.8) is 0 Å². The molecule has 3 N–H and O–H groups in total. The second kappa shape index (κ2) is 7.88. The summed E-state index contributed by atoms with van der Waals surface area (Å²) in [5.41, 5.74) is 9.84. The van der Waals surface area contributed by atoms with Crippen LogP contribution < -0.4 is 16.0 Å². The van der Waals surface area contributed by atoms with E-state index in [1.165, 1.54) is 21.7 Å². The molecular formula is C23H24N6O2. The molecule has 0 bridgehead atoms. The van der Waals surface area contributed by atoms with Gasteiger partial charge < -0.3 is 10.5 Å². The average molecular weight is 416 g/mol. The zero-order chi connectivity index (χ0) is 21.4. The van der Waals surface area contributed by atoms with E-state index < -0.39 is 0 Å². The number of hydrogen-bond donors (Lipinski definition) is 2. The van der Waals surface area contributed by atoms with Gasteiger partial charge in [0.2, 0.25) is 5.95 Å². The second-order valence-electron chi connectivity index (χ2n) is 7.99. The number of benzene rings is 2. The number of fused-ring (bicyclic) bond motifs is 2. The molecule has 2 aromatic heterocycles. The molecule has 0 saturated carbocycles. The third-order valence-corrected chi connectivity index (χ3v) is 5.70. The number of hydrogen-bond acceptors (Lipinski definition) is 6. The fourth-order valence-corrected chi connectivity index (χ4v) is 4.05. The number of nitrogens with zero attached hydrogens (tertiary/aromatic N) is 4. The summed E-state index contributed by atoms with van der Waals surface area (Å²) in [6, 6.07) is 18.3. The number of H-pyrrole nitrogens is 1. The Bertz CT molecular complexity index is 1280. The van der Waals surface area contributed by atoms with E-state index in [9.17, 15) is 4.79 Å². The summed E-state index contributed by atoms with van der Waals surface area (Å²) < 4.78 is 7.26. The first-order valence-corrected chi connectivity index (χ1v) is 10.3. The number of nitrogens with one attached hydrogen (secondary N) is 1. The maximum absolute atomic E-state index is 12.3. The molecule has 1 aliphatic rings. The number of aromatic amines is 1. The lowest BCUT2D eigenvalue weighted by molar-refractivity contribution is 0.172. The van der Waals surface area contributed by atoms with Crippen LogP contribution in [0.5, 0.6) is 5.75 Å². The first kappa shape index (κ1) is 19.3. The Morgan fingerprint density at radius 1 is 1.13 bits per heavy atom. The van der Waals surface area contributed by atoms with E-state index in [0.717, 1.165) is 24.3 Å². The third-order valence-electron chi connectivity index (χ3n) is 5.70. The molecule has 1 unspecified atom stereocenters.